The minimum absolute atomic E-state index is 0.0954. The predicted molar refractivity (Wildman–Crippen MR) is 44.3 cm³/mol. The molecule has 0 aromatic carbocycles. The van der Waals surface area contributed by atoms with Crippen molar-refractivity contribution in [3.63, 3.8) is 0 Å². The molecule has 0 radical (unpaired) electrons. The molecule has 0 aliphatic heterocycles. The summed E-state index contributed by atoms with van der Waals surface area (Å²) in [5.41, 5.74) is -0.0954. The van der Waals surface area contributed by atoms with Crippen LogP contribution in [-0.2, 0) is 9.53 Å². The molecule has 0 spiro atoms. The number of hydrogen-bond donors (Lipinski definition) is 1. The third kappa shape index (κ3) is 2.89. The van der Waals surface area contributed by atoms with Gasteiger partial charge in [0.05, 0.1) is 7.11 Å². The summed E-state index contributed by atoms with van der Waals surface area (Å²) in [6, 6.07) is -0.229. The van der Waals surface area contributed by atoms with Crippen LogP contribution in [-0.4, -0.2) is 26.2 Å². The molecule has 0 bridgehead atoms. The molecule has 1 N–H and O–H groups in total. The van der Waals surface area contributed by atoms with Crippen LogP contribution in [0.25, 0.3) is 0 Å². The zero-order valence-corrected chi connectivity index (χ0v) is 7.89. The van der Waals surface area contributed by atoms with Crippen LogP contribution in [0, 0.1) is 5.41 Å². The van der Waals surface area contributed by atoms with Crippen LogP contribution >= 0.6 is 0 Å². The maximum Gasteiger partial charge on any atom is 0.323 e. The average molecular weight is 159 g/mol. The Hall–Kier alpha value is -0.570. The van der Waals surface area contributed by atoms with E-state index in [9.17, 15) is 4.79 Å². The van der Waals surface area contributed by atoms with E-state index in [1.807, 2.05) is 20.8 Å². The predicted octanol–water partition coefficient (Wildman–Crippen LogP) is 0.793. The number of ether oxygens (including phenoxy) is 1. The summed E-state index contributed by atoms with van der Waals surface area (Å²) >= 11 is 0. The summed E-state index contributed by atoms with van der Waals surface area (Å²) in [4.78, 5) is 11.1. The molecule has 0 unspecified atom stereocenters. The van der Waals surface area contributed by atoms with Gasteiger partial charge in [-0.05, 0) is 12.5 Å². The molecular formula is C8H17NO2. The van der Waals surface area contributed by atoms with Gasteiger partial charge in [0.1, 0.15) is 6.04 Å². The summed E-state index contributed by atoms with van der Waals surface area (Å²) in [6.07, 6.45) is 0. The van der Waals surface area contributed by atoms with E-state index in [2.05, 4.69) is 10.1 Å². The molecule has 66 valence electrons. The van der Waals surface area contributed by atoms with Crippen LogP contribution in [0.4, 0.5) is 0 Å². The topological polar surface area (TPSA) is 38.3 Å². The molecule has 0 saturated heterocycles. The Morgan fingerprint density at radius 1 is 1.45 bits per heavy atom. The lowest BCUT2D eigenvalue weighted by molar-refractivity contribution is -0.145. The summed E-state index contributed by atoms with van der Waals surface area (Å²) in [6.45, 7) is 5.97. The number of likely N-dealkylation sites (N-methyl/N-ethyl adjacent to an activating group) is 1. The largest absolute Gasteiger partial charge is 0.468 e. The first kappa shape index (κ1) is 10.4. The van der Waals surface area contributed by atoms with Gasteiger partial charge in [0.2, 0.25) is 0 Å². The first-order valence-electron chi connectivity index (χ1n) is 3.68. The molecule has 0 aromatic rings. The van der Waals surface area contributed by atoms with Gasteiger partial charge in [0.25, 0.3) is 0 Å². The average Bonchev–Trinajstić information content (AvgIpc) is 1.86. The summed E-state index contributed by atoms with van der Waals surface area (Å²) < 4.78 is 4.63. The van der Waals surface area contributed by atoms with Crippen LogP contribution in [0.1, 0.15) is 20.8 Å². The van der Waals surface area contributed by atoms with Gasteiger partial charge in [0, 0.05) is 0 Å². The molecule has 3 nitrogen and oxygen atoms in total. The zero-order valence-electron chi connectivity index (χ0n) is 7.89. The lowest BCUT2D eigenvalue weighted by Gasteiger charge is -2.27. The summed E-state index contributed by atoms with van der Waals surface area (Å²) in [7, 11) is 3.16. The standard InChI is InChI=1S/C8H17NO2/c1-8(2,3)6(9-4)7(10)11-5/h6,9H,1-5H3/t6-/m1/s1. The van der Waals surface area contributed by atoms with E-state index in [0.717, 1.165) is 0 Å². The molecule has 0 saturated carbocycles. The molecular weight excluding hydrogens is 142 g/mol. The number of esters is 1. The lowest BCUT2D eigenvalue weighted by atomic mass is 9.87. The number of carbonyl (C=O) groups excluding carboxylic acids is 1. The van der Waals surface area contributed by atoms with Crippen LogP contribution < -0.4 is 5.32 Å². The van der Waals surface area contributed by atoms with Crippen LogP contribution in [0.2, 0.25) is 0 Å². The van der Waals surface area contributed by atoms with Crippen molar-refractivity contribution in [2.45, 2.75) is 26.8 Å². The number of methoxy groups -OCH3 is 1. The molecule has 0 rings (SSSR count). The van der Waals surface area contributed by atoms with Gasteiger partial charge in [0.15, 0.2) is 0 Å². The smallest absolute Gasteiger partial charge is 0.323 e. The van der Waals surface area contributed by atoms with Gasteiger partial charge < -0.3 is 10.1 Å². The van der Waals surface area contributed by atoms with Crippen molar-refractivity contribution in [1.82, 2.24) is 5.32 Å². The van der Waals surface area contributed by atoms with Crippen LogP contribution in [0.5, 0.6) is 0 Å². The Morgan fingerprint density at radius 2 is 1.91 bits per heavy atom. The fourth-order valence-corrected chi connectivity index (χ4v) is 1.02. The molecule has 0 heterocycles. The van der Waals surface area contributed by atoms with Crippen LogP contribution in [0.15, 0.2) is 0 Å². The van der Waals surface area contributed by atoms with Crippen molar-refractivity contribution >= 4 is 5.97 Å². The fourth-order valence-electron chi connectivity index (χ4n) is 1.02. The second-order valence-corrected chi connectivity index (χ2v) is 3.61. The highest BCUT2D eigenvalue weighted by Gasteiger charge is 2.30. The Bertz CT molecular complexity index is 138. The maximum absolute atomic E-state index is 11.1. The molecule has 0 amide bonds. The molecule has 0 aliphatic carbocycles. The van der Waals surface area contributed by atoms with E-state index in [1.54, 1.807) is 7.05 Å². The Balaban J connectivity index is 4.29. The first-order chi connectivity index (χ1) is 4.93. The highest BCUT2D eigenvalue weighted by atomic mass is 16.5. The van der Waals surface area contributed by atoms with Crippen molar-refractivity contribution in [3.8, 4) is 0 Å². The van der Waals surface area contributed by atoms with E-state index in [-0.39, 0.29) is 17.4 Å². The highest BCUT2D eigenvalue weighted by Crippen LogP contribution is 2.19. The molecule has 0 fully saturated rings. The molecule has 1 atom stereocenters. The second-order valence-electron chi connectivity index (χ2n) is 3.61. The summed E-state index contributed by atoms with van der Waals surface area (Å²) in [5.74, 6) is -0.208. The van der Waals surface area contributed by atoms with E-state index >= 15 is 0 Å². The number of rotatable bonds is 2. The lowest BCUT2D eigenvalue weighted by Crippen LogP contribution is -2.45. The monoisotopic (exact) mass is 159 g/mol. The van der Waals surface area contributed by atoms with Crippen molar-refractivity contribution < 1.29 is 9.53 Å². The van der Waals surface area contributed by atoms with Gasteiger partial charge in [-0.1, -0.05) is 20.8 Å². The molecule has 11 heavy (non-hydrogen) atoms. The van der Waals surface area contributed by atoms with Crippen molar-refractivity contribution in [2.75, 3.05) is 14.2 Å². The number of nitrogens with one attached hydrogen (secondary N) is 1. The van der Waals surface area contributed by atoms with E-state index in [0.29, 0.717) is 0 Å². The summed E-state index contributed by atoms with van der Waals surface area (Å²) in [5, 5.41) is 2.92. The minimum Gasteiger partial charge on any atom is -0.468 e. The highest BCUT2D eigenvalue weighted by molar-refractivity contribution is 5.76. The van der Waals surface area contributed by atoms with E-state index in [1.165, 1.54) is 7.11 Å². The third-order valence-corrected chi connectivity index (χ3v) is 1.59. The van der Waals surface area contributed by atoms with E-state index < -0.39 is 0 Å². The van der Waals surface area contributed by atoms with Crippen molar-refractivity contribution in [3.05, 3.63) is 0 Å². The van der Waals surface area contributed by atoms with Crippen molar-refractivity contribution in [2.24, 2.45) is 5.41 Å². The number of hydrogen-bond acceptors (Lipinski definition) is 3. The quantitative estimate of drug-likeness (QED) is 0.605. The SMILES string of the molecule is CN[C@H](C(=O)OC)C(C)(C)C. The van der Waals surface area contributed by atoms with Gasteiger partial charge in [-0.25, -0.2) is 0 Å². The Kier molecular flexibility index (Phi) is 3.52. The third-order valence-electron chi connectivity index (χ3n) is 1.59. The zero-order chi connectivity index (χ0) is 9.07. The van der Waals surface area contributed by atoms with E-state index in [4.69, 9.17) is 0 Å². The minimum atomic E-state index is -0.229. The molecule has 0 aromatic heterocycles. The molecule has 3 heteroatoms. The van der Waals surface area contributed by atoms with Gasteiger partial charge >= 0.3 is 5.97 Å². The second kappa shape index (κ2) is 3.72. The Labute approximate surface area is 68.1 Å². The van der Waals surface area contributed by atoms with Gasteiger partial charge in [-0.3, -0.25) is 4.79 Å². The van der Waals surface area contributed by atoms with Gasteiger partial charge in [-0.2, -0.15) is 0 Å². The normalized spacial score (nSPS) is 14.3. The van der Waals surface area contributed by atoms with Crippen molar-refractivity contribution in [1.29, 1.82) is 0 Å². The van der Waals surface area contributed by atoms with Crippen LogP contribution in [0.3, 0.4) is 0 Å². The van der Waals surface area contributed by atoms with Gasteiger partial charge in [-0.15, -0.1) is 0 Å². The Morgan fingerprint density at radius 3 is 2.00 bits per heavy atom. The molecule has 0 aliphatic rings. The first-order valence-corrected chi connectivity index (χ1v) is 3.68. The number of carbonyl (C=O) groups is 1. The maximum atomic E-state index is 11.1. The fraction of sp³-hybridized carbons (Fsp3) is 0.875.